The number of ether oxygens (including phenoxy) is 1. The smallest absolute Gasteiger partial charge is 0.319 e. The Morgan fingerprint density at radius 2 is 1.83 bits per heavy atom. The van der Waals surface area contributed by atoms with Crippen molar-refractivity contribution >= 4 is 22.5 Å². The van der Waals surface area contributed by atoms with Gasteiger partial charge in [0.2, 0.25) is 0 Å². The van der Waals surface area contributed by atoms with Crippen molar-refractivity contribution in [1.29, 1.82) is 0 Å². The fraction of sp³-hybridized carbons (Fsp3) is 0.304. The highest BCUT2D eigenvalue weighted by atomic mass is 16.5. The van der Waals surface area contributed by atoms with Crippen LogP contribution in [0.15, 0.2) is 59.5 Å². The molecule has 0 saturated heterocycles. The quantitative estimate of drug-likeness (QED) is 0.600. The number of carbonyl (C=O) groups is 1. The van der Waals surface area contributed by atoms with E-state index < -0.39 is 0 Å². The Balaban J connectivity index is 1.52. The van der Waals surface area contributed by atoms with Crippen LogP contribution in [0.3, 0.4) is 0 Å². The molecule has 1 unspecified atom stereocenters. The van der Waals surface area contributed by atoms with Gasteiger partial charge in [0.15, 0.2) is 0 Å². The number of benzene rings is 2. The summed E-state index contributed by atoms with van der Waals surface area (Å²) in [5.41, 5.74) is 1.81. The van der Waals surface area contributed by atoms with E-state index in [0.29, 0.717) is 17.7 Å². The third-order valence-electron chi connectivity index (χ3n) is 4.63. The number of aromatic nitrogens is 1. The number of hydrogen-bond donors (Lipinski definition) is 3. The van der Waals surface area contributed by atoms with Gasteiger partial charge in [-0.05, 0) is 59.7 Å². The van der Waals surface area contributed by atoms with Crippen LogP contribution in [-0.2, 0) is 5.41 Å². The summed E-state index contributed by atoms with van der Waals surface area (Å²) in [5.74, 6) is 0.770. The second kappa shape index (κ2) is 8.39. The molecule has 3 aromatic rings. The number of urea groups is 1. The van der Waals surface area contributed by atoms with E-state index in [2.05, 4.69) is 48.5 Å². The zero-order valence-corrected chi connectivity index (χ0v) is 17.2. The average molecular weight is 393 g/mol. The molecule has 152 valence electrons. The lowest BCUT2D eigenvalue weighted by Crippen LogP contribution is -2.39. The van der Waals surface area contributed by atoms with Crippen molar-refractivity contribution in [3.8, 4) is 5.75 Å². The summed E-state index contributed by atoms with van der Waals surface area (Å²) in [6.07, 6.45) is 1.59. The molecule has 1 aromatic heterocycles. The molecular weight excluding hydrogens is 366 g/mol. The summed E-state index contributed by atoms with van der Waals surface area (Å²) in [4.78, 5) is 26.6. The number of H-pyrrole nitrogens is 1. The molecular formula is C23H27N3O3. The van der Waals surface area contributed by atoms with Crippen molar-refractivity contribution < 1.29 is 9.53 Å². The van der Waals surface area contributed by atoms with Crippen LogP contribution in [0.1, 0.15) is 33.3 Å². The summed E-state index contributed by atoms with van der Waals surface area (Å²) < 4.78 is 5.78. The number of pyridine rings is 1. The molecule has 1 atom stereocenters. The molecule has 1 heterocycles. The van der Waals surface area contributed by atoms with Crippen LogP contribution in [0.5, 0.6) is 5.75 Å². The van der Waals surface area contributed by atoms with Crippen LogP contribution in [0.25, 0.3) is 10.8 Å². The largest absolute Gasteiger partial charge is 0.491 e. The number of amides is 2. The molecule has 2 aromatic carbocycles. The minimum absolute atomic E-state index is 0.0990. The SMILES string of the molecule is CC(COc1ccc(C(C)(C)C)cc1)NC(=O)Nc1ccc2c(=O)[nH]ccc2c1. The standard InChI is InChI=1S/C23H27N3O3/c1-15(14-29-19-8-5-17(6-9-19)23(2,3)4)25-22(28)26-18-7-10-20-16(13-18)11-12-24-21(20)27/h5-13,15H,14H2,1-4H3,(H,24,27)(H2,25,26,28). The van der Waals surface area contributed by atoms with E-state index in [1.165, 1.54) is 5.56 Å². The summed E-state index contributed by atoms with van der Waals surface area (Å²) >= 11 is 0. The lowest BCUT2D eigenvalue weighted by molar-refractivity contribution is 0.236. The fourth-order valence-electron chi connectivity index (χ4n) is 2.98. The first kappa shape index (κ1) is 20.5. The molecule has 0 fully saturated rings. The van der Waals surface area contributed by atoms with E-state index in [9.17, 15) is 9.59 Å². The minimum Gasteiger partial charge on any atom is -0.491 e. The molecule has 0 spiro atoms. The van der Waals surface area contributed by atoms with E-state index in [1.807, 2.05) is 19.1 Å². The van der Waals surface area contributed by atoms with Gasteiger partial charge in [-0.25, -0.2) is 4.79 Å². The average Bonchev–Trinajstić information content (AvgIpc) is 2.66. The Labute approximate surface area is 170 Å². The molecule has 0 bridgehead atoms. The molecule has 6 heteroatoms. The van der Waals surface area contributed by atoms with E-state index in [0.717, 1.165) is 11.1 Å². The number of hydrogen-bond acceptors (Lipinski definition) is 3. The van der Waals surface area contributed by atoms with Gasteiger partial charge in [0, 0.05) is 17.3 Å². The summed E-state index contributed by atoms with van der Waals surface area (Å²) in [6.45, 7) is 8.74. The molecule has 0 aliphatic carbocycles. The van der Waals surface area contributed by atoms with Gasteiger partial charge in [-0.1, -0.05) is 32.9 Å². The number of aromatic amines is 1. The molecule has 0 radical (unpaired) electrons. The molecule has 3 N–H and O–H groups in total. The summed E-state index contributed by atoms with van der Waals surface area (Å²) in [7, 11) is 0. The van der Waals surface area contributed by atoms with Crippen LogP contribution in [0, 0.1) is 0 Å². The monoisotopic (exact) mass is 393 g/mol. The predicted octanol–water partition coefficient (Wildman–Crippen LogP) is 4.41. The van der Waals surface area contributed by atoms with Crippen molar-refractivity contribution in [3.05, 3.63) is 70.6 Å². The van der Waals surface area contributed by atoms with Gasteiger partial charge < -0.3 is 20.4 Å². The van der Waals surface area contributed by atoms with Gasteiger partial charge in [-0.15, -0.1) is 0 Å². The molecule has 0 aliphatic heterocycles. The second-order valence-electron chi connectivity index (χ2n) is 8.19. The number of carbonyl (C=O) groups excluding carboxylic acids is 1. The summed E-state index contributed by atoms with van der Waals surface area (Å²) in [6, 6.07) is 14.5. The van der Waals surface area contributed by atoms with Gasteiger partial charge in [0.1, 0.15) is 12.4 Å². The van der Waals surface area contributed by atoms with Gasteiger partial charge in [-0.2, -0.15) is 0 Å². The number of rotatable bonds is 5. The Morgan fingerprint density at radius 3 is 2.52 bits per heavy atom. The second-order valence-corrected chi connectivity index (χ2v) is 8.19. The Morgan fingerprint density at radius 1 is 1.10 bits per heavy atom. The van der Waals surface area contributed by atoms with E-state index in [-0.39, 0.29) is 23.0 Å². The lowest BCUT2D eigenvalue weighted by Gasteiger charge is -2.20. The molecule has 6 nitrogen and oxygen atoms in total. The minimum atomic E-state index is -0.326. The highest BCUT2D eigenvalue weighted by molar-refractivity contribution is 5.93. The van der Waals surface area contributed by atoms with Gasteiger partial charge in [-0.3, -0.25) is 4.79 Å². The first-order valence-electron chi connectivity index (χ1n) is 9.65. The zero-order valence-electron chi connectivity index (χ0n) is 17.2. The van der Waals surface area contributed by atoms with Crippen LogP contribution in [-0.4, -0.2) is 23.7 Å². The van der Waals surface area contributed by atoms with Crippen LogP contribution < -0.4 is 20.9 Å². The molecule has 3 rings (SSSR count). The number of anilines is 1. The fourth-order valence-corrected chi connectivity index (χ4v) is 2.98. The predicted molar refractivity (Wildman–Crippen MR) is 117 cm³/mol. The van der Waals surface area contributed by atoms with Gasteiger partial charge >= 0.3 is 6.03 Å². The van der Waals surface area contributed by atoms with E-state index in [4.69, 9.17) is 4.74 Å². The van der Waals surface area contributed by atoms with Crippen molar-refractivity contribution in [2.75, 3.05) is 11.9 Å². The topological polar surface area (TPSA) is 83.2 Å². The number of nitrogens with one attached hydrogen (secondary N) is 3. The third kappa shape index (κ3) is 5.38. The van der Waals surface area contributed by atoms with Gasteiger partial charge in [0.25, 0.3) is 5.56 Å². The maximum absolute atomic E-state index is 12.2. The first-order chi connectivity index (χ1) is 13.7. The molecule has 2 amide bonds. The number of fused-ring (bicyclic) bond motifs is 1. The van der Waals surface area contributed by atoms with Gasteiger partial charge in [0.05, 0.1) is 6.04 Å². The molecule has 0 saturated carbocycles. The van der Waals surface area contributed by atoms with E-state index in [1.54, 1.807) is 30.5 Å². The highest BCUT2D eigenvalue weighted by Gasteiger charge is 2.13. The highest BCUT2D eigenvalue weighted by Crippen LogP contribution is 2.24. The Kier molecular flexibility index (Phi) is 5.92. The maximum Gasteiger partial charge on any atom is 0.319 e. The van der Waals surface area contributed by atoms with Crippen molar-refractivity contribution in [3.63, 3.8) is 0 Å². The van der Waals surface area contributed by atoms with E-state index >= 15 is 0 Å². The summed E-state index contributed by atoms with van der Waals surface area (Å²) in [5, 5.41) is 6.99. The van der Waals surface area contributed by atoms with Crippen molar-refractivity contribution in [1.82, 2.24) is 10.3 Å². The molecule has 29 heavy (non-hydrogen) atoms. The van der Waals surface area contributed by atoms with Crippen molar-refractivity contribution in [2.24, 2.45) is 0 Å². The first-order valence-corrected chi connectivity index (χ1v) is 9.65. The Bertz CT molecular complexity index is 1050. The van der Waals surface area contributed by atoms with Crippen LogP contribution in [0.4, 0.5) is 10.5 Å². The van der Waals surface area contributed by atoms with Crippen LogP contribution >= 0.6 is 0 Å². The van der Waals surface area contributed by atoms with Crippen LogP contribution in [0.2, 0.25) is 0 Å². The lowest BCUT2D eigenvalue weighted by atomic mass is 9.87. The Hall–Kier alpha value is -3.28. The van der Waals surface area contributed by atoms with Crippen molar-refractivity contribution in [2.45, 2.75) is 39.2 Å². The third-order valence-corrected chi connectivity index (χ3v) is 4.63. The maximum atomic E-state index is 12.2. The zero-order chi connectivity index (χ0) is 21.0. The normalized spacial score (nSPS) is 12.4. The molecule has 0 aliphatic rings.